The van der Waals surface area contributed by atoms with Gasteiger partial charge in [-0.2, -0.15) is 5.26 Å². The van der Waals surface area contributed by atoms with E-state index in [0.29, 0.717) is 73.7 Å². The van der Waals surface area contributed by atoms with Gasteiger partial charge in [-0.25, -0.2) is 14.6 Å². The van der Waals surface area contributed by atoms with Crippen LogP contribution in [0.1, 0.15) is 58.2 Å². The molecule has 1 saturated heterocycles. The lowest BCUT2D eigenvalue weighted by molar-refractivity contribution is -0.170. The molecule has 2 aliphatic rings. The maximum atomic E-state index is 12.6. The summed E-state index contributed by atoms with van der Waals surface area (Å²) < 4.78 is 5.07. The van der Waals surface area contributed by atoms with Gasteiger partial charge in [-0.05, 0) is 37.6 Å². The number of pyridine rings is 2. The van der Waals surface area contributed by atoms with Crippen LogP contribution < -0.4 is 16.0 Å². The number of nitrogens with zero attached hydrogens (tertiary/aromatic N) is 6. The number of aliphatic carboxylic acids is 3. The van der Waals surface area contributed by atoms with Crippen molar-refractivity contribution in [2.45, 2.75) is 43.9 Å². The van der Waals surface area contributed by atoms with Crippen molar-refractivity contribution in [3.05, 3.63) is 46.4 Å². The van der Waals surface area contributed by atoms with Gasteiger partial charge in [0, 0.05) is 45.0 Å². The molecule has 0 spiro atoms. The van der Waals surface area contributed by atoms with Crippen LogP contribution in [-0.2, 0) is 36.9 Å². The Hall–Kier alpha value is -5.71. The van der Waals surface area contributed by atoms with E-state index in [9.17, 15) is 34.0 Å². The predicted molar refractivity (Wildman–Crippen MR) is 172 cm³/mol. The number of likely N-dealkylation sites (N-methyl/N-ethyl adjacent to an activating group) is 1. The number of primary amides is 1. The largest absolute Gasteiger partial charge is 0.481 e. The number of rotatable bonds is 13. The van der Waals surface area contributed by atoms with E-state index >= 15 is 0 Å². The summed E-state index contributed by atoms with van der Waals surface area (Å²) in [6.07, 6.45) is 0.884. The molecule has 0 radical (unpaired) electrons. The minimum Gasteiger partial charge on any atom is -0.481 e. The maximum absolute atomic E-state index is 12.6. The van der Waals surface area contributed by atoms with Gasteiger partial charge < -0.3 is 41.1 Å². The van der Waals surface area contributed by atoms with Gasteiger partial charge in [-0.1, -0.05) is 0 Å². The standard InChI is InChI=1S/C25H30N8O4.C6H8O7/c1-31-6-7-32(23(35)14-31)13-17-9-16-3-4-22(33(25(27)36)24(16)30-21(17)15-34)20-10-19(28-5-8-37-2)18(11-26)12-29-20;7-3(8)1-6(13,5(11)12)2-4(9)10/h9-10,12,15,22H,3-8,13-14H2,1-2H3,(H2,27,36)(H,28,29);13H,1-2H2,(H,7,8)(H,9,10)(H,11,12). The van der Waals surface area contributed by atoms with Gasteiger partial charge in [-0.3, -0.25) is 34.0 Å². The van der Waals surface area contributed by atoms with Crippen LogP contribution in [0.25, 0.3) is 0 Å². The molecule has 1 atom stereocenters. The number of urea groups is 1. The number of hydrogen-bond acceptors (Lipinski definition) is 13. The minimum atomic E-state index is -2.74. The summed E-state index contributed by atoms with van der Waals surface area (Å²) in [5.74, 6) is -4.72. The molecule has 268 valence electrons. The molecular formula is C31H38N8O11. The van der Waals surface area contributed by atoms with E-state index in [1.54, 1.807) is 18.1 Å². The fourth-order valence-electron chi connectivity index (χ4n) is 5.42. The zero-order chi connectivity index (χ0) is 37.2. The van der Waals surface area contributed by atoms with Crippen LogP contribution in [0.5, 0.6) is 0 Å². The van der Waals surface area contributed by atoms with Crippen molar-refractivity contribution >= 4 is 47.6 Å². The highest BCUT2D eigenvalue weighted by atomic mass is 16.5. The smallest absolute Gasteiger partial charge is 0.336 e. The van der Waals surface area contributed by atoms with Gasteiger partial charge in [0.15, 0.2) is 11.9 Å². The summed E-state index contributed by atoms with van der Waals surface area (Å²) in [5, 5.41) is 46.4. The zero-order valence-corrected chi connectivity index (χ0v) is 27.4. The lowest BCUT2D eigenvalue weighted by Crippen LogP contribution is -2.48. The Labute approximate surface area is 285 Å². The molecule has 4 heterocycles. The molecular weight excluding hydrogens is 660 g/mol. The normalized spacial score (nSPS) is 16.0. The van der Waals surface area contributed by atoms with Crippen LogP contribution >= 0.6 is 0 Å². The van der Waals surface area contributed by atoms with E-state index in [1.807, 2.05) is 18.0 Å². The Balaban J connectivity index is 0.000000442. The molecule has 2 aromatic rings. The quantitative estimate of drug-likeness (QED) is 0.117. The number of fused-ring (bicyclic) bond motifs is 1. The number of aldehydes is 1. The van der Waals surface area contributed by atoms with Gasteiger partial charge in [0.05, 0.1) is 49.0 Å². The average molecular weight is 699 g/mol. The molecule has 50 heavy (non-hydrogen) atoms. The van der Waals surface area contributed by atoms with Crippen LogP contribution in [0.4, 0.5) is 16.3 Å². The number of nitrogens with two attached hydrogens (primary N) is 1. The number of aliphatic hydroxyl groups is 1. The van der Waals surface area contributed by atoms with Crippen LogP contribution in [0.3, 0.4) is 0 Å². The first kappa shape index (κ1) is 38.7. The van der Waals surface area contributed by atoms with Gasteiger partial charge in [0.1, 0.15) is 17.6 Å². The number of aromatic nitrogens is 2. The number of piperazine rings is 1. The lowest BCUT2D eigenvalue weighted by Gasteiger charge is -2.36. The number of methoxy groups -OCH3 is 1. The van der Waals surface area contributed by atoms with E-state index < -0.39 is 48.4 Å². The lowest BCUT2D eigenvalue weighted by atomic mass is 9.94. The molecule has 19 nitrogen and oxygen atoms in total. The Morgan fingerprint density at radius 1 is 1.18 bits per heavy atom. The molecule has 4 rings (SSSR count). The SMILES string of the molecule is COCCNc1cc(C2CCc3cc(CN4CCN(C)CC4=O)c(C=O)nc3N2C(N)=O)ncc1C#N.O=C(O)CC(O)(CC(=O)O)C(=O)O. The third kappa shape index (κ3) is 9.68. The van der Waals surface area contributed by atoms with Crippen LogP contribution in [-0.4, -0.2) is 129 Å². The molecule has 2 aliphatic heterocycles. The fourth-order valence-corrected chi connectivity index (χ4v) is 5.42. The Morgan fingerprint density at radius 3 is 2.40 bits per heavy atom. The number of hydrogen-bond donors (Lipinski definition) is 6. The van der Waals surface area contributed by atoms with Gasteiger partial charge in [-0.15, -0.1) is 0 Å². The van der Waals surface area contributed by atoms with Crippen molar-refractivity contribution in [1.82, 2.24) is 19.8 Å². The molecule has 1 unspecified atom stereocenters. The van der Waals surface area contributed by atoms with Crippen molar-refractivity contribution in [3.63, 3.8) is 0 Å². The number of nitrogens with one attached hydrogen (secondary N) is 1. The third-order valence-corrected chi connectivity index (χ3v) is 7.93. The summed E-state index contributed by atoms with van der Waals surface area (Å²) in [4.78, 5) is 81.6. The van der Waals surface area contributed by atoms with E-state index in [2.05, 4.69) is 21.4 Å². The second kappa shape index (κ2) is 17.1. The summed E-state index contributed by atoms with van der Waals surface area (Å²) in [7, 11) is 3.48. The van der Waals surface area contributed by atoms with Gasteiger partial charge >= 0.3 is 23.9 Å². The number of anilines is 2. The average Bonchev–Trinajstić information content (AvgIpc) is 3.04. The number of ether oxygens (including phenoxy) is 1. The molecule has 0 aromatic carbocycles. The number of carboxylic acid groups (broad SMARTS) is 3. The van der Waals surface area contributed by atoms with E-state index in [4.69, 9.17) is 30.9 Å². The van der Waals surface area contributed by atoms with Crippen molar-refractivity contribution in [2.24, 2.45) is 5.73 Å². The molecule has 0 saturated carbocycles. The third-order valence-electron chi connectivity index (χ3n) is 7.93. The topological polar surface area (TPSA) is 290 Å². The summed E-state index contributed by atoms with van der Waals surface area (Å²) in [6.45, 7) is 2.85. The monoisotopic (exact) mass is 698 g/mol. The number of carbonyl (C=O) groups excluding carboxylic acids is 3. The highest BCUT2D eigenvalue weighted by Crippen LogP contribution is 2.38. The number of nitriles is 1. The minimum absolute atomic E-state index is 0.0102. The molecule has 0 bridgehead atoms. The fraction of sp³-hybridized carbons (Fsp3) is 0.452. The molecule has 0 aliphatic carbocycles. The zero-order valence-electron chi connectivity index (χ0n) is 27.4. The van der Waals surface area contributed by atoms with Gasteiger partial charge in [0.25, 0.3) is 0 Å². The number of carbonyl (C=O) groups is 6. The number of carboxylic acids is 3. The summed E-state index contributed by atoms with van der Waals surface area (Å²) in [5.41, 5.74) is 6.12. The van der Waals surface area contributed by atoms with Gasteiger partial charge in [0.2, 0.25) is 5.91 Å². The predicted octanol–water partition coefficient (Wildman–Crippen LogP) is -0.183. The Kier molecular flexibility index (Phi) is 13.2. The molecule has 3 amide bonds. The maximum Gasteiger partial charge on any atom is 0.336 e. The first-order valence-electron chi connectivity index (χ1n) is 15.2. The highest BCUT2D eigenvalue weighted by Gasteiger charge is 2.41. The molecule has 19 heteroatoms. The molecule has 7 N–H and O–H groups in total. The van der Waals surface area contributed by atoms with Crippen LogP contribution in [0.15, 0.2) is 18.3 Å². The van der Waals surface area contributed by atoms with E-state index in [0.717, 1.165) is 12.1 Å². The summed E-state index contributed by atoms with van der Waals surface area (Å²) >= 11 is 0. The van der Waals surface area contributed by atoms with Crippen molar-refractivity contribution in [1.29, 1.82) is 5.26 Å². The van der Waals surface area contributed by atoms with Crippen LogP contribution in [0, 0.1) is 11.3 Å². The number of amides is 3. The van der Waals surface area contributed by atoms with Crippen molar-refractivity contribution in [2.75, 3.05) is 57.2 Å². The van der Waals surface area contributed by atoms with Crippen LogP contribution in [0.2, 0.25) is 0 Å². The summed E-state index contributed by atoms with van der Waals surface area (Å²) in [6, 6.07) is 4.43. The first-order valence-corrected chi connectivity index (χ1v) is 15.2. The second-order valence-corrected chi connectivity index (χ2v) is 11.6. The van der Waals surface area contributed by atoms with Crippen molar-refractivity contribution < 1.29 is 53.9 Å². The first-order chi connectivity index (χ1) is 23.6. The second-order valence-electron chi connectivity index (χ2n) is 11.6. The Bertz CT molecular complexity index is 1660. The van der Waals surface area contributed by atoms with E-state index in [1.165, 1.54) is 11.1 Å². The highest BCUT2D eigenvalue weighted by molar-refractivity contribution is 5.93. The molecule has 2 aromatic heterocycles. The Morgan fingerprint density at radius 2 is 1.86 bits per heavy atom. The van der Waals surface area contributed by atoms with Crippen molar-refractivity contribution in [3.8, 4) is 6.07 Å². The number of aryl methyl sites for hydroxylation is 1. The molecule has 1 fully saturated rings. The van der Waals surface area contributed by atoms with E-state index in [-0.39, 0.29) is 18.1 Å².